The molecule has 2 heterocycles. The molecule has 0 radical (unpaired) electrons. The molecule has 1 amide bonds. The monoisotopic (exact) mass is 427 g/mol. The van der Waals surface area contributed by atoms with E-state index in [0.717, 1.165) is 56.3 Å². The van der Waals surface area contributed by atoms with Crippen LogP contribution in [0.3, 0.4) is 0 Å². The summed E-state index contributed by atoms with van der Waals surface area (Å²) in [7, 11) is 0. The van der Waals surface area contributed by atoms with Crippen LogP contribution in [0.1, 0.15) is 74.1 Å². The van der Waals surface area contributed by atoms with Gasteiger partial charge in [-0.1, -0.05) is 12.1 Å². The fourth-order valence-corrected chi connectivity index (χ4v) is 5.88. The molecule has 3 aliphatic carbocycles. The number of hydrogen-bond donors (Lipinski definition) is 2. The average molecular weight is 428 g/mol. The summed E-state index contributed by atoms with van der Waals surface area (Å²) < 4.78 is 5.62. The normalized spacial score (nSPS) is 21.4. The van der Waals surface area contributed by atoms with Gasteiger partial charge in [0.1, 0.15) is 5.00 Å². The van der Waals surface area contributed by atoms with Crippen molar-refractivity contribution in [1.29, 1.82) is 0 Å². The molecule has 0 aliphatic heterocycles. The SMILES string of the molecule is CC1CCc2c(sc(NC(=O)C3=C(C(=O)O)CCCC3)c2-c2nc(C3CC3)no2)C1. The van der Waals surface area contributed by atoms with Gasteiger partial charge < -0.3 is 14.9 Å². The van der Waals surface area contributed by atoms with E-state index in [1.165, 1.54) is 10.4 Å². The van der Waals surface area contributed by atoms with E-state index in [4.69, 9.17) is 4.52 Å². The Kier molecular flexibility index (Phi) is 4.97. The quantitative estimate of drug-likeness (QED) is 0.717. The van der Waals surface area contributed by atoms with E-state index in [9.17, 15) is 14.7 Å². The van der Waals surface area contributed by atoms with Crippen LogP contribution in [0, 0.1) is 5.92 Å². The summed E-state index contributed by atoms with van der Waals surface area (Å²) in [6.07, 6.45) is 7.73. The Labute approximate surface area is 178 Å². The maximum Gasteiger partial charge on any atom is 0.332 e. The molecule has 1 saturated carbocycles. The van der Waals surface area contributed by atoms with Gasteiger partial charge in [-0.05, 0) is 69.3 Å². The lowest BCUT2D eigenvalue weighted by Crippen LogP contribution is -2.21. The van der Waals surface area contributed by atoms with Gasteiger partial charge in [-0.15, -0.1) is 11.3 Å². The Bertz CT molecular complexity index is 1050. The number of carbonyl (C=O) groups excluding carboxylic acids is 1. The van der Waals surface area contributed by atoms with Gasteiger partial charge >= 0.3 is 5.97 Å². The molecule has 2 aromatic heterocycles. The van der Waals surface area contributed by atoms with Gasteiger partial charge in [0, 0.05) is 21.9 Å². The molecule has 5 rings (SSSR count). The molecule has 7 nitrogen and oxygen atoms in total. The maximum atomic E-state index is 13.1. The van der Waals surface area contributed by atoms with Crippen molar-refractivity contribution in [3.63, 3.8) is 0 Å². The van der Waals surface area contributed by atoms with Gasteiger partial charge in [0.15, 0.2) is 5.82 Å². The molecule has 0 bridgehead atoms. The minimum Gasteiger partial charge on any atom is -0.478 e. The summed E-state index contributed by atoms with van der Waals surface area (Å²) >= 11 is 1.57. The molecule has 1 atom stereocenters. The summed E-state index contributed by atoms with van der Waals surface area (Å²) in [6, 6.07) is 0. The summed E-state index contributed by atoms with van der Waals surface area (Å²) in [5, 5.41) is 17.4. The van der Waals surface area contributed by atoms with E-state index in [0.29, 0.717) is 41.1 Å². The first-order valence-corrected chi connectivity index (χ1v) is 11.6. The van der Waals surface area contributed by atoms with Crippen molar-refractivity contribution >= 4 is 28.2 Å². The number of aromatic nitrogens is 2. The molecule has 0 aromatic carbocycles. The number of carboxylic acid groups (broad SMARTS) is 1. The van der Waals surface area contributed by atoms with E-state index in [1.807, 2.05) is 0 Å². The molecule has 0 saturated heterocycles. The van der Waals surface area contributed by atoms with Crippen molar-refractivity contribution in [3.8, 4) is 11.5 Å². The number of nitrogens with one attached hydrogen (secondary N) is 1. The minimum atomic E-state index is -0.995. The highest BCUT2D eigenvalue weighted by Gasteiger charge is 2.33. The molecule has 158 valence electrons. The van der Waals surface area contributed by atoms with E-state index in [-0.39, 0.29) is 11.5 Å². The minimum absolute atomic E-state index is 0.240. The zero-order valence-corrected chi connectivity index (χ0v) is 17.8. The topological polar surface area (TPSA) is 105 Å². The summed E-state index contributed by atoms with van der Waals surface area (Å²) in [4.78, 5) is 30.6. The predicted molar refractivity (Wildman–Crippen MR) is 113 cm³/mol. The van der Waals surface area contributed by atoms with Crippen molar-refractivity contribution < 1.29 is 19.2 Å². The lowest BCUT2D eigenvalue weighted by atomic mass is 9.88. The lowest BCUT2D eigenvalue weighted by Gasteiger charge is -2.18. The molecule has 2 aromatic rings. The number of fused-ring (bicyclic) bond motifs is 1. The van der Waals surface area contributed by atoms with Crippen LogP contribution in [-0.2, 0) is 22.4 Å². The van der Waals surface area contributed by atoms with E-state index in [1.54, 1.807) is 11.3 Å². The van der Waals surface area contributed by atoms with Crippen molar-refractivity contribution in [2.75, 3.05) is 5.32 Å². The summed E-state index contributed by atoms with van der Waals surface area (Å²) in [5.41, 5.74) is 2.66. The van der Waals surface area contributed by atoms with Crippen LogP contribution < -0.4 is 5.32 Å². The number of amides is 1. The van der Waals surface area contributed by atoms with Gasteiger partial charge in [0.05, 0.1) is 5.56 Å². The number of hydrogen-bond acceptors (Lipinski definition) is 6. The third kappa shape index (κ3) is 3.57. The van der Waals surface area contributed by atoms with Crippen LogP contribution in [0.25, 0.3) is 11.5 Å². The zero-order valence-electron chi connectivity index (χ0n) is 17.0. The van der Waals surface area contributed by atoms with E-state index in [2.05, 4.69) is 22.4 Å². The highest BCUT2D eigenvalue weighted by Crippen LogP contribution is 2.46. The van der Waals surface area contributed by atoms with Crippen LogP contribution in [0.15, 0.2) is 15.7 Å². The molecule has 8 heteroatoms. The Morgan fingerprint density at radius 1 is 1.13 bits per heavy atom. The molecular formula is C22H25N3O4S. The number of aliphatic carboxylic acids is 1. The molecular weight excluding hydrogens is 402 g/mol. The molecule has 1 unspecified atom stereocenters. The van der Waals surface area contributed by atoms with Gasteiger partial charge in [-0.2, -0.15) is 4.98 Å². The predicted octanol–water partition coefficient (Wildman–Crippen LogP) is 4.69. The number of thiophene rings is 1. The van der Waals surface area contributed by atoms with E-state index >= 15 is 0 Å². The first kappa shape index (κ1) is 19.5. The van der Waals surface area contributed by atoms with Crippen molar-refractivity contribution in [3.05, 3.63) is 27.4 Å². The Hall–Kier alpha value is -2.48. The molecule has 3 aliphatic rings. The lowest BCUT2D eigenvalue weighted by molar-refractivity contribution is -0.133. The largest absolute Gasteiger partial charge is 0.478 e. The Balaban J connectivity index is 1.52. The second-order valence-corrected chi connectivity index (χ2v) is 9.82. The fourth-order valence-electron chi connectivity index (χ4n) is 4.48. The van der Waals surface area contributed by atoms with Gasteiger partial charge in [0.2, 0.25) is 0 Å². The number of nitrogens with zero attached hydrogens (tertiary/aromatic N) is 2. The van der Waals surface area contributed by atoms with Crippen molar-refractivity contribution in [2.24, 2.45) is 5.92 Å². The van der Waals surface area contributed by atoms with Crippen molar-refractivity contribution in [1.82, 2.24) is 10.1 Å². The van der Waals surface area contributed by atoms with Crippen LogP contribution in [-0.4, -0.2) is 27.1 Å². The number of rotatable bonds is 5. The second kappa shape index (κ2) is 7.65. The molecule has 2 N–H and O–H groups in total. The van der Waals surface area contributed by atoms with Crippen LogP contribution in [0.2, 0.25) is 0 Å². The zero-order chi connectivity index (χ0) is 20.8. The second-order valence-electron chi connectivity index (χ2n) is 8.71. The van der Waals surface area contributed by atoms with E-state index < -0.39 is 5.97 Å². The highest BCUT2D eigenvalue weighted by molar-refractivity contribution is 7.17. The maximum absolute atomic E-state index is 13.1. The van der Waals surface area contributed by atoms with Crippen molar-refractivity contribution in [2.45, 2.75) is 70.6 Å². The van der Waals surface area contributed by atoms with Gasteiger partial charge in [-0.3, -0.25) is 4.79 Å². The summed E-state index contributed by atoms with van der Waals surface area (Å²) in [5.74, 6) is 0.884. The van der Waals surface area contributed by atoms with Crippen LogP contribution >= 0.6 is 11.3 Å². The molecule has 30 heavy (non-hydrogen) atoms. The average Bonchev–Trinajstić information content (AvgIpc) is 3.36. The first-order chi connectivity index (χ1) is 14.5. The number of anilines is 1. The van der Waals surface area contributed by atoms with Gasteiger partial charge in [0.25, 0.3) is 11.8 Å². The molecule has 0 spiro atoms. The van der Waals surface area contributed by atoms with Gasteiger partial charge in [-0.25, -0.2) is 4.79 Å². The smallest absolute Gasteiger partial charge is 0.332 e. The fraction of sp³-hybridized carbons (Fsp3) is 0.545. The third-order valence-corrected chi connectivity index (χ3v) is 7.51. The standard InChI is InChI=1S/C22H25N3O4S/c1-11-6-9-15-16(10-11)30-21(17(15)20-23-18(25-29-20)12-7-8-12)24-19(26)13-4-2-3-5-14(13)22(27)28/h11-12H,2-10H2,1H3,(H,24,26)(H,27,28). The number of carbonyl (C=O) groups is 2. The summed E-state index contributed by atoms with van der Waals surface area (Å²) in [6.45, 7) is 2.24. The Morgan fingerprint density at radius 3 is 2.63 bits per heavy atom. The Morgan fingerprint density at radius 2 is 1.90 bits per heavy atom. The van der Waals surface area contributed by atoms with Crippen LogP contribution in [0.5, 0.6) is 0 Å². The third-order valence-electron chi connectivity index (χ3n) is 6.34. The highest BCUT2D eigenvalue weighted by atomic mass is 32.1. The number of carboxylic acids is 1. The molecule has 1 fully saturated rings. The van der Waals surface area contributed by atoms with Crippen LogP contribution in [0.4, 0.5) is 5.00 Å². The first-order valence-electron chi connectivity index (χ1n) is 10.8.